The molecule has 0 aliphatic carbocycles. The molecule has 1 aliphatic rings. The third kappa shape index (κ3) is 5.45. The fourth-order valence-corrected chi connectivity index (χ4v) is 4.66. The first-order valence-corrected chi connectivity index (χ1v) is 12.7. The van der Waals surface area contributed by atoms with Crippen molar-refractivity contribution in [1.29, 1.82) is 0 Å². The third-order valence-corrected chi connectivity index (χ3v) is 6.71. The fourth-order valence-electron chi connectivity index (χ4n) is 4.66. The summed E-state index contributed by atoms with van der Waals surface area (Å²) in [6, 6.07) is 13.4. The number of para-hydroxylation sites is 2. The first kappa shape index (κ1) is 25.2. The van der Waals surface area contributed by atoms with Gasteiger partial charge in [0.1, 0.15) is 17.9 Å². The van der Waals surface area contributed by atoms with Gasteiger partial charge in [0.15, 0.2) is 0 Å². The third-order valence-electron chi connectivity index (χ3n) is 6.71. The minimum absolute atomic E-state index is 0.291. The Bertz CT molecular complexity index is 1440. The van der Waals surface area contributed by atoms with Crippen LogP contribution in [0.25, 0.3) is 16.9 Å². The van der Waals surface area contributed by atoms with Gasteiger partial charge in [-0.05, 0) is 56.3 Å². The molecule has 2 aromatic carbocycles. The first-order valence-electron chi connectivity index (χ1n) is 12.7. The minimum Gasteiger partial charge on any atom is -0.494 e. The zero-order valence-corrected chi connectivity index (χ0v) is 21.7. The number of likely N-dealkylation sites (tertiary alicyclic amines) is 1. The molecule has 0 saturated carbocycles. The molecule has 38 heavy (non-hydrogen) atoms. The number of amides is 1. The van der Waals surface area contributed by atoms with Gasteiger partial charge in [0.05, 0.1) is 35.2 Å². The van der Waals surface area contributed by atoms with Crippen molar-refractivity contribution in [1.82, 2.24) is 24.4 Å². The lowest BCUT2D eigenvalue weighted by Crippen LogP contribution is -2.32. The molecule has 0 spiro atoms. The maximum atomic E-state index is 12.3. The smallest absolute Gasteiger partial charge is 0.247 e. The van der Waals surface area contributed by atoms with Crippen molar-refractivity contribution in [2.24, 2.45) is 0 Å². The molecule has 1 amide bonds. The summed E-state index contributed by atoms with van der Waals surface area (Å²) in [5, 5.41) is 6.20. The zero-order chi connectivity index (χ0) is 26.5. The van der Waals surface area contributed by atoms with E-state index in [1.165, 1.54) is 18.9 Å². The Morgan fingerprint density at radius 3 is 2.76 bits per heavy atom. The van der Waals surface area contributed by atoms with Crippen molar-refractivity contribution in [3.63, 3.8) is 0 Å². The van der Waals surface area contributed by atoms with Crippen LogP contribution >= 0.6 is 0 Å². The van der Waals surface area contributed by atoms with E-state index in [2.05, 4.69) is 37.0 Å². The van der Waals surface area contributed by atoms with Gasteiger partial charge in [-0.25, -0.2) is 9.97 Å². The van der Waals surface area contributed by atoms with Crippen LogP contribution in [0.2, 0.25) is 0 Å². The monoisotopic (exact) mass is 512 g/mol. The van der Waals surface area contributed by atoms with Crippen LogP contribution in [-0.4, -0.2) is 70.7 Å². The van der Waals surface area contributed by atoms with Gasteiger partial charge in [0.25, 0.3) is 0 Å². The number of methoxy groups -OCH3 is 1. The summed E-state index contributed by atoms with van der Waals surface area (Å²) < 4.78 is 7.64. The van der Waals surface area contributed by atoms with E-state index in [9.17, 15) is 4.79 Å². The highest BCUT2D eigenvalue weighted by molar-refractivity contribution is 6.02. The second kappa shape index (κ2) is 11.3. The van der Waals surface area contributed by atoms with Crippen molar-refractivity contribution in [3.05, 3.63) is 67.6 Å². The highest BCUT2D eigenvalue weighted by atomic mass is 16.5. The molecule has 4 aromatic rings. The number of imidazole rings is 1. The predicted octanol–water partition coefficient (Wildman–Crippen LogP) is 4.22. The van der Waals surface area contributed by atoms with E-state index in [0.717, 1.165) is 42.9 Å². The van der Waals surface area contributed by atoms with E-state index in [1.54, 1.807) is 19.6 Å². The zero-order valence-electron chi connectivity index (χ0n) is 21.7. The van der Waals surface area contributed by atoms with Gasteiger partial charge in [-0.3, -0.25) is 9.36 Å². The molecule has 1 saturated heterocycles. The summed E-state index contributed by atoms with van der Waals surface area (Å²) >= 11 is 0. The topological polar surface area (TPSA) is 100 Å². The number of aromatic nitrogens is 4. The minimum atomic E-state index is -0.291. The average molecular weight is 513 g/mol. The van der Waals surface area contributed by atoms with Gasteiger partial charge >= 0.3 is 0 Å². The number of carbonyl (C=O) groups excluding carboxylic acids is 1. The molecular weight excluding hydrogens is 480 g/mol. The molecule has 0 atom stereocenters. The molecule has 3 heterocycles. The van der Waals surface area contributed by atoms with Crippen LogP contribution in [0, 0.1) is 0 Å². The van der Waals surface area contributed by atoms with E-state index in [4.69, 9.17) is 9.72 Å². The molecule has 0 radical (unpaired) electrons. The number of nitrogens with zero attached hydrogens (tertiary/aromatic N) is 6. The Kier molecular flexibility index (Phi) is 7.50. The molecule has 5 rings (SSSR count). The van der Waals surface area contributed by atoms with Crippen LogP contribution < -0.4 is 20.3 Å². The van der Waals surface area contributed by atoms with E-state index in [1.807, 2.05) is 54.1 Å². The van der Waals surface area contributed by atoms with Crippen LogP contribution in [0.1, 0.15) is 12.8 Å². The maximum absolute atomic E-state index is 12.3. The molecule has 10 nitrogen and oxygen atoms in total. The van der Waals surface area contributed by atoms with Crippen molar-refractivity contribution >= 4 is 40.0 Å². The van der Waals surface area contributed by atoms with Crippen molar-refractivity contribution in [2.45, 2.75) is 12.8 Å². The number of likely N-dealkylation sites (N-methyl/N-ethyl adjacent to an activating group) is 1. The standard InChI is InChI=1S/C28H32N8O2/c1-4-27(37)31-21-17-22(25(38-3)18-24(21)34(2)15-16-35-13-7-8-14-35)32-28-29-12-11-26(33-28)36-19-30-20-9-5-6-10-23(20)36/h4-6,9-12,17-19H,1,7-8,13-16H2,2-3H3,(H,31,37)(H,29,32,33). The van der Waals surface area contributed by atoms with Crippen molar-refractivity contribution in [2.75, 3.05) is 55.9 Å². The molecule has 2 N–H and O–H groups in total. The van der Waals surface area contributed by atoms with E-state index < -0.39 is 0 Å². The molecule has 10 heteroatoms. The number of benzene rings is 2. The predicted molar refractivity (Wildman–Crippen MR) is 151 cm³/mol. The van der Waals surface area contributed by atoms with Crippen LogP contribution in [0.5, 0.6) is 5.75 Å². The highest BCUT2D eigenvalue weighted by Gasteiger charge is 2.18. The Morgan fingerprint density at radius 1 is 1.16 bits per heavy atom. The van der Waals surface area contributed by atoms with Gasteiger partial charge in [-0.2, -0.15) is 4.98 Å². The lowest BCUT2D eigenvalue weighted by Gasteiger charge is -2.26. The maximum Gasteiger partial charge on any atom is 0.247 e. The van der Waals surface area contributed by atoms with Gasteiger partial charge in [-0.1, -0.05) is 18.7 Å². The Labute approximate surface area is 222 Å². The Hall–Kier alpha value is -4.44. The summed E-state index contributed by atoms with van der Waals surface area (Å²) in [5.74, 6) is 1.37. The van der Waals surface area contributed by atoms with Gasteiger partial charge < -0.3 is 25.2 Å². The molecular formula is C28H32N8O2. The second-order valence-corrected chi connectivity index (χ2v) is 9.20. The number of carbonyl (C=O) groups is 1. The summed E-state index contributed by atoms with van der Waals surface area (Å²) in [6.07, 6.45) is 7.19. The average Bonchev–Trinajstić information content (AvgIpc) is 3.62. The van der Waals surface area contributed by atoms with Gasteiger partial charge in [0.2, 0.25) is 11.9 Å². The highest BCUT2D eigenvalue weighted by Crippen LogP contribution is 2.38. The molecule has 0 bridgehead atoms. The van der Waals surface area contributed by atoms with Gasteiger partial charge in [-0.15, -0.1) is 0 Å². The van der Waals surface area contributed by atoms with Crippen LogP contribution in [0.4, 0.5) is 23.0 Å². The Balaban J connectivity index is 1.44. The normalized spacial score (nSPS) is 13.4. The lowest BCUT2D eigenvalue weighted by molar-refractivity contribution is -0.111. The molecule has 196 valence electrons. The number of hydrogen-bond donors (Lipinski definition) is 2. The molecule has 0 unspecified atom stereocenters. The van der Waals surface area contributed by atoms with E-state index in [-0.39, 0.29) is 5.91 Å². The lowest BCUT2D eigenvalue weighted by atomic mass is 10.2. The van der Waals surface area contributed by atoms with Crippen LogP contribution in [-0.2, 0) is 4.79 Å². The molecule has 1 aliphatic heterocycles. The number of ether oxygens (including phenoxy) is 1. The number of rotatable bonds is 10. The summed E-state index contributed by atoms with van der Waals surface area (Å²) in [5.41, 5.74) is 3.94. The largest absolute Gasteiger partial charge is 0.494 e. The van der Waals surface area contributed by atoms with Crippen LogP contribution in [0.3, 0.4) is 0 Å². The number of anilines is 4. The van der Waals surface area contributed by atoms with E-state index >= 15 is 0 Å². The number of nitrogens with one attached hydrogen (secondary N) is 2. The molecule has 2 aromatic heterocycles. The summed E-state index contributed by atoms with van der Waals surface area (Å²) in [4.78, 5) is 30.4. The quantitative estimate of drug-likeness (QED) is 0.305. The fraction of sp³-hybridized carbons (Fsp3) is 0.286. The van der Waals surface area contributed by atoms with Crippen LogP contribution in [0.15, 0.2) is 67.6 Å². The first-order chi connectivity index (χ1) is 18.6. The Morgan fingerprint density at radius 2 is 1.97 bits per heavy atom. The number of fused-ring (bicyclic) bond motifs is 1. The summed E-state index contributed by atoms with van der Waals surface area (Å²) in [6.45, 7) is 7.64. The molecule has 1 fully saturated rings. The second-order valence-electron chi connectivity index (χ2n) is 9.20. The number of hydrogen-bond acceptors (Lipinski definition) is 8. The van der Waals surface area contributed by atoms with Crippen molar-refractivity contribution in [3.8, 4) is 11.6 Å². The van der Waals surface area contributed by atoms with Crippen molar-refractivity contribution < 1.29 is 9.53 Å². The van der Waals surface area contributed by atoms with Gasteiger partial charge in [0, 0.05) is 32.4 Å². The SMILES string of the molecule is C=CC(=O)Nc1cc(Nc2nccc(-n3cnc4ccccc43)n2)c(OC)cc1N(C)CCN1CCCC1. The summed E-state index contributed by atoms with van der Waals surface area (Å²) in [7, 11) is 3.63. The van der Waals surface area contributed by atoms with E-state index in [0.29, 0.717) is 28.9 Å².